The van der Waals surface area contributed by atoms with Gasteiger partial charge in [-0.05, 0) is 98.7 Å². The Kier molecular flexibility index (Phi) is 3.36. The van der Waals surface area contributed by atoms with E-state index >= 15 is 0 Å². The molecule has 1 radical (unpaired) electrons. The summed E-state index contributed by atoms with van der Waals surface area (Å²) in [5, 5.41) is 18.2. The van der Waals surface area contributed by atoms with Gasteiger partial charge < -0.3 is 0 Å². The first-order valence-electron chi connectivity index (χ1n) is 12.5. The van der Waals surface area contributed by atoms with Gasteiger partial charge in [0.2, 0.25) is 0 Å². The first-order chi connectivity index (χ1) is 17.8. The molecule has 0 aliphatic carbocycles. The maximum absolute atomic E-state index is 3.92. The van der Waals surface area contributed by atoms with Gasteiger partial charge in [0.25, 0.3) is 0 Å². The van der Waals surface area contributed by atoms with Crippen LogP contribution in [0.1, 0.15) is 0 Å². The Bertz CT molecular complexity index is 2280. The van der Waals surface area contributed by atoms with Gasteiger partial charge in [-0.1, -0.05) is 109 Å². The summed E-state index contributed by atoms with van der Waals surface area (Å²) >= 11 is 0. The Labute approximate surface area is 207 Å². The molecule has 0 aliphatic heterocycles. The van der Waals surface area contributed by atoms with E-state index in [1.54, 1.807) is 0 Å². The molecule has 0 nitrogen and oxygen atoms in total. The monoisotopic (exact) mass is 451 g/mol. The van der Waals surface area contributed by atoms with Crippen molar-refractivity contribution in [3.63, 3.8) is 0 Å². The van der Waals surface area contributed by atoms with E-state index in [1.165, 1.54) is 81.0 Å². The Morgan fingerprint density at radius 1 is 0.361 bits per heavy atom. The lowest BCUT2D eigenvalue weighted by Gasteiger charge is -2.17. The van der Waals surface area contributed by atoms with Crippen molar-refractivity contribution < 1.29 is 0 Å². The number of fused-ring (bicyclic) bond motifs is 2. The zero-order valence-electron chi connectivity index (χ0n) is 19.5. The quantitative estimate of drug-likeness (QED) is 0.172. The van der Waals surface area contributed by atoms with Crippen molar-refractivity contribution in [2.45, 2.75) is 0 Å². The standard InChI is InChI=1S/C36H19/c1-5-22-13-14-24-15-17-27(31-18-16-23(6-1)33(22)36(24)31)26-19-25-9-4-11-29-28-10-2-7-21-8-3-12-30(34(21)28)32(20-26)35(25)29/h1-19H. The van der Waals surface area contributed by atoms with Crippen molar-refractivity contribution in [3.05, 3.63) is 121 Å². The second-order valence-corrected chi connectivity index (χ2v) is 10.0. The van der Waals surface area contributed by atoms with Gasteiger partial charge in [0, 0.05) is 0 Å². The summed E-state index contributed by atoms with van der Waals surface area (Å²) < 4.78 is 0. The second kappa shape index (κ2) is 6.50. The highest BCUT2D eigenvalue weighted by molar-refractivity contribution is 6.33. The molecule has 0 bridgehead atoms. The van der Waals surface area contributed by atoms with Crippen molar-refractivity contribution in [2.75, 3.05) is 0 Å². The van der Waals surface area contributed by atoms with Gasteiger partial charge in [-0.15, -0.1) is 0 Å². The minimum atomic E-state index is 1.16. The molecule has 0 fully saturated rings. The summed E-state index contributed by atoms with van der Waals surface area (Å²) in [6, 6.07) is 46.5. The van der Waals surface area contributed by atoms with Crippen LogP contribution in [-0.4, -0.2) is 0 Å². The smallest absolute Gasteiger partial charge is 0.000696 e. The van der Waals surface area contributed by atoms with E-state index in [1.807, 2.05) is 0 Å². The minimum Gasteiger partial charge on any atom is -0.0610 e. The zero-order valence-corrected chi connectivity index (χ0v) is 19.5. The van der Waals surface area contributed by atoms with Crippen LogP contribution < -0.4 is 0 Å². The Morgan fingerprint density at radius 3 is 1.69 bits per heavy atom. The Morgan fingerprint density at radius 2 is 0.917 bits per heavy atom. The molecule has 36 heavy (non-hydrogen) atoms. The van der Waals surface area contributed by atoms with Crippen LogP contribution in [-0.2, 0) is 0 Å². The van der Waals surface area contributed by atoms with Crippen LogP contribution in [0, 0.1) is 6.07 Å². The van der Waals surface area contributed by atoms with Crippen molar-refractivity contribution in [1.29, 1.82) is 0 Å². The highest BCUT2D eigenvalue weighted by atomic mass is 14.2. The summed E-state index contributed by atoms with van der Waals surface area (Å²) in [5.41, 5.74) is 2.40. The van der Waals surface area contributed by atoms with E-state index in [-0.39, 0.29) is 0 Å². The number of benzene rings is 9. The summed E-state index contributed by atoms with van der Waals surface area (Å²) in [7, 11) is 0. The van der Waals surface area contributed by atoms with E-state index in [0.29, 0.717) is 0 Å². The summed E-state index contributed by atoms with van der Waals surface area (Å²) in [6.45, 7) is 0. The molecule has 0 N–H and O–H groups in total. The molecule has 0 heteroatoms. The van der Waals surface area contributed by atoms with E-state index in [4.69, 9.17) is 0 Å². The fraction of sp³-hybridized carbons (Fsp3) is 0. The lowest BCUT2D eigenvalue weighted by molar-refractivity contribution is 1.71. The zero-order chi connectivity index (χ0) is 23.4. The molecule has 9 rings (SSSR count). The molecule has 163 valence electrons. The molecule has 0 spiro atoms. The largest absolute Gasteiger partial charge is 0.0610 e. The van der Waals surface area contributed by atoms with E-state index in [9.17, 15) is 0 Å². The molecule has 0 saturated heterocycles. The third-order valence-corrected chi connectivity index (χ3v) is 8.19. The highest BCUT2D eigenvalue weighted by Gasteiger charge is 2.16. The van der Waals surface area contributed by atoms with E-state index in [0.717, 1.165) is 5.56 Å². The highest BCUT2D eigenvalue weighted by Crippen LogP contribution is 2.44. The van der Waals surface area contributed by atoms with Crippen molar-refractivity contribution in [3.8, 4) is 11.1 Å². The second-order valence-electron chi connectivity index (χ2n) is 10.0. The number of hydrogen-bond acceptors (Lipinski definition) is 0. The maximum Gasteiger partial charge on any atom is -0.000696 e. The fourth-order valence-corrected chi connectivity index (χ4v) is 6.67. The molecule has 0 aromatic heterocycles. The van der Waals surface area contributed by atoms with Crippen molar-refractivity contribution in [1.82, 2.24) is 0 Å². The summed E-state index contributed by atoms with van der Waals surface area (Å²) in [5.74, 6) is 0. The Balaban J connectivity index is 1.47. The molecule has 0 amide bonds. The van der Waals surface area contributed by atoms with Gasteiger partial charge in [0.15, 0.2) is 0 Å². The predicted octanol–water partition coefficient (Wildman–Crippen LogP) is 10.1. The fourth-order valence-electron chi connectivity index (χ4n) is 6.67. The lowest BCUT2D eigenvalue weighted by Crippen LogP contribution is -1.90. The van der Waals surface area contributed by atoms with Crippen LogP contribution in [0.5, 0.6) is 0 Å². The van der Waals surface area contributed by atoms with Crippen LogP contribution in [0.25, 0.3) is 86.5 Å². The normalized spacial score (nSPS) is 12.4. The van der Waals surface area contributed by atoms with Gasteiger partial charge >= 0.3 is 0 Å². The molecule has 9 aromatic carbocycles. The van der Waals surface area contributed by atoms with Crippen LogP contribution in [0.4, 0.5) is 0 Å². The summed E-state index contributed by atoms with van der Waals surface area (Å²) in [4.78, 5) is 0. The van der Waals surface area contributed by atoms with Crippen LogP contribution in [0.15, 0.2) is 115 Å². The number of hydrogen-bond donors (Lipinski definition) is 0. The third-order valence-electron chi connectivity index (χ3n) is 8.19. The first kappa shape index (κ1) is 18.6. The van der Waals surface area contributed by atoms with Gasteiger partial charge in [-0.2, -0.15) is 0 Å². The first-order valence-corrected chi connectivity index (χ1v) is 12.5. The molecular formula is C36H19. The molecule has 0 atom stereocenters. The predicted molar refractivity (Wildman–Crippen MR) is 156 cm³/mol. The van der Waals surface area contributed by atoms with Crippen LogP contribution >= 0.6 is 0 Å². The lowest BCUT2D eigenvalue weighted by atomic mass is 9.86. The molecule has 0 unspecified atom stereocenters. The van der Waals surface area contributed by atoms with Crippen LogP contribution in [0.3, 0.4) is 0 Å². The average molecular weight is 452 g/mol. The van der Waals surface area contributed by atoms with E-state index < -0.39 is 0 Å². The molecule has 9 aromatic rings. The van der Waals surface area contributed by atoms with Crippen molar-refractivity contribution >= 4 is 75.4 Å². The molecular weight excluding hydrogens is 432 g/mol. The van der Waals surface area contributed by atoms with Crippen LogP contribution in [0.2, 0.25) is 0 Å². The maximum atomic E-state index is 3.92. The summed E-state index contributed by atoms with van der Waals surface area (Å²) in [6.07, 6.45) is 0. The molecule has 0 heterocycles. The molecule has 0 saturated carbocycles. The van der Waals surface area contributed by atoms with Gasteiger partial charge in [-0.3, -0.25) is 0 Å². The third kappa shape index (κ3) is 2.25. The van der Waals surface area contributed by atoms with Crippen molar-refractivity contribution in [2.24, 2.45) is 0 Å². The topological polar surface area (TPSA) is 0 Å². The van der Waals surface area contributed by atoms with Gasteiger partial charge in [0.1, 0.15) is 0 Å². The van der Waals surface area contributed by atoms with Gasteiger partial charge in [-0.25, -0.2) is 0 Å². The Hall–Kier alpha value is -4.68. The molecule has 0 aliphatic rings. The van der Waals surface area contributed by atoms with E-state index in [2.05, 4.69) is 121 Å². The minimum absolute atomic E-state index is 1.16. The number of rotatable bonds is 1. The van der Waals surface area contributed by atoms with Gasteiger partial charge in [0.05, 0.1) is 0 Å². The SMILES string of the molecule is [c]1c(-c2ccc3ccc4cccc5ccc2c3c45)cc2cccc3c4cccc5cccc(c1c23)c54. The average Bonchev–Trinajstić information content (AvgIpc) is 2.94.